The third-order valence-electron chi connectivity index (χ3n) is 8.85. The molecule has 276 valence electrons. The fourth-order valence-electron chi connectivity index (χ4n) is 5.70. The van der Waals surface area contributed by atoms with Gasteiger partial charge in [0.2, 0.25) is 17.7 Å². The zero-order valence-corrected chi connectivity index (χ0v) is 30.5. The monoisotopic (exact) mass is 696 g/mol. The van der Waals surface area contributed by atoms with Gasteiger partial charge in [0.05, 0.1) is 25.6 Å². The molecule has 0 saturated heterocycles. The topological polar surface area (TPSA) is 174 Å². The molecule has 5 N–H and O–H groups in total. The largest absolute Gasteiger partial charge is 0.494 e. The molecule has 0 aliphatic rings. The fourth-order valence-corrected chi connectivity index (χ4v) is 5.70. The molecule has 12 heteroatoms. The molecule has 0 spiro atoms. The average Bonchev–Trinajstić information content (AvgIpc) is 3.07. The van der Waals surface area contributed by atoms with Gasteiger partial charge in [-0.05, 0) is 55.5 Å². The number of nitrogens with one attached hydrogen (secondary N) is 3. The van der Waals surface area contributed by atoms with Crippen LogP contribution in [0.2, 0.25) is 0 Å². The standard InChI is InChI=1S/C38H56N4O8/c1-8-25(6)36(37(47)41-35(24(4)5)38(48)49)40-34(46)22-32(44)30(20-26-15-12-11-13-16-26)42(7)23-29(31(43)9-2)39-33(45)21-27-17-14-18-28(19-27)50-10-3/h11-19,24-25,29-30,32,35-36,44H,8-10,20-23H2,1-7H3,(H,39,45)(H,40,46)(H,41,47)(H,48,49)/t25-,29-,30-,32-,35-,36-/m0/s1. The van der Waals surface area contributed by atoms with E-state index in [0.717, 1.165) is 11.1 Å². The van der Waals surface area contributed by atoms with Crippen LogP contribution in [0.5, 0.6) is 5.75 Å². The maximum Gasteiger partial charge on any atom is 0.326 e. The first kappa shape index (κ1) is 41.9. The second-order valence-corrected chi connectivity index (χ2v) is 13.2. The Kier molecular flexibility index (Phi) is 17.6. The number of carbonyl (C=O) groups excluding carboxylic acids is 4. The number of benzene rings is 2. The van der Waals surface area contributed by atoms with Crippen LogP contribution in [0.3, 0.4) is 0 Å². The van der Waals surface area contributed by atoms with E-state index in [2.05, 4.69) is 16.0 Å². The summed E-state index contributed by atoms with van der Waals surface area (Å²) in [5.41, 5.74) is 1.63. The zero-order chi connectivity index (χ0) is 37.4. The molecule has 12 nitrogen and oxygen atoms in total. The third-order valence-corrected chi connectivity index (χ3v) is 8.85. The first-order valence-electron chi connectivity index (χ1n) is 17.5. The number of carboxylic acids is 1. The van der Waals surface area contributed by atoms with Crippen LogP contribution in [-0.2, 0) is 36.8 Å². The number of aliphatic carboxylic acids is 1. The van der Waals surface area contributed by atoms with Gasteiger partial charge in [0.1, 0.15) is 23.9 Å². The number of hydrogen-bond donors (Lipinski definition) is 5. The van der Waals surface area contributed by atoms with Crippen molar-refractivity contribution < 1.29 is 38.9 Å². The average molecular weight is 697 g/mol. The Morgan fingerprint density at radius 1 is 0.840 bits per heavy atom. The maximum atomic E-state index is 13.4. The lowest BCUT2D eigenvalue weighted by molar-refractivity contribution is -0.143. The lowest BCUT2D eigenvalue weighted by Crippen LogP contribution is -2.56. The van der Waals surface area contributed by atoms with Gasteiger partial charge in [0.25, 0.3) is 0 Å². The normalized spacial score (nSPS) is 14.9. The van der Waals surface area contributed by atoms with E-state index in [0.29, 0.717) is 25.2 Å². The number of carboxylic acid groups (broad SMARTS) is 1. The van der Waals surface area contributed by atoms with E-state index in [-0.39, 0.29) is 49.3 Å². The van der Waals surface area contributed by atoms with Gasteiger partial charge in [0, 0.05) is 19.0 Å². The van der Waals surface area contributed by atoms with Crippen molar-refractivity contribution in [3.63, 3.8) is 0 Å². The van der Waals surface area contributed by atoms with Crippen LogP contribution in [-0.4, -0.2) is 95.1 Å². The molecule has 0 bridgehead atoms. The lowest BCUT2D eigenvalue weighted by atomic mass is 9.95. The number of nitrogens with zero attached hydrogens (tertiary/aromatic N) is 1. The molecule has 0 aliphatic carbocycles. The molecule has 6 atom stereocenters. The van der Waals surface area contributed by atoms with Crippen LogP contribution in [0.4, 0.5) is 0 Å². The Morgan fingerprint density at radius 3 is 2.08 bits per heavy atom. The number of aliphatic hydroxyl groups excluding tert-OH is 1. The quantitative estimate of drug-likeness (QED) is 0.124. The van der Waals surface area contributed by atoms with Gasteiger partial charge in [-0.1, -0.05) is 83.5 Å². The van der Waals surface area contributed by atoms with Gasteiger partial charge in [0.15, 0.2) is 5.78 Å². The highest BCUT2D eigenvalue weighted by molar-refractivity contribution is 5.91. The van der Waals surface area contributed by atoms with Gasteiger partial charge >= 0.3 is 5.97 Å². The van der Waals surface area contributed by atoms with Crippen molar-refractivity contribution in [2.75, 3.05) is 20.2 Å². The van der Waals surface area contributed by atoms with Crippen LogP contribution >= 0.6 is 0 Å². The molecule has 0 heterocycles. The third kappa shape index (κ3) is 13.5. The predicted molar refractivity (Wildman–Crippen MR) is 192 cm³/mol. The van der Waals surface area contributed by atoms with Gasteiger partial charge in [-0.3, -0.25) is 24.1 Å². The number of aliphatic hydroxyl groups is 1. The molecule has 2 aromatic rings. The molecule has 2 aromatic carbocycles. The molecule has 0 radical (unpaired) electrons. The van der Waals surface area contributed by atoms with Crippen molar-refractivity contribution >= 4 is 29.5 Å². The molecule has 0 aliphatic heterocycles. The highest BCUT2D eigenvalue weighted by Crippen LogP contribution is 2.18. The fraction of sp³-hybridized carbons (Fsp3) is 0.553. The molecule has 0 aromatic heterocycles. The second kappa shape index (κ2) is 21.0. The van der Waals surface area contributed by atoms with Crippen LogP contribution in [0, 0.1) is 11.8 Å². The molecule has 0 saturated carbocycles. The Bertz CT molecular complexity index is 1400. The van der Waals surface area contributed by atoms with Crippen LogP contribution < -0.4 is 20.7 Å². The summed E-state index contributed by atoms with van der Waals surface area (Å²) < 4.78 is 5.54. The number of rotatable bonds is 22. The van der Waals surface area contributed by atoms with Gasteiger partial charge in [-0.2, -0.15) is 0 Å². The van der Waals surface area contributed by atoms with E-state index in [1.807, 2.05) is 56.3 Å². The summed E-state index contributed by atoms with van der Waals surface area (Å²) in [4.78, 5) is 66.3. The second-order valence-electron chi connectivity index (χ2n) is 13.2. The summed E-state index contributed by atoms with van der Waals surface area (Å²) in [5.74, 6) is -2.91. The first-order chi connectivity index (χ1) is 23.7. The van der Waals surface area contributed by atoms with Crippen molar-refractivity contribution in [2.45, 2.75) is 104 Å². The number of likely N-dealkylation sites (N-methyl/N-ethyl adjacent to an activating group) is 1. The minimum absolute atomic E-state index is 0.0453. The summed E-state index contributed by atoms with van der Waals surface area (Å²) in [6.07, 6.45) is -0.478. The van der Waals surface area contributed by atoms with Crippen molar-refractivity contribution in [1.29, 1.82) is 0 Å². The van der Waals surface area contributed by atoms with E-state index in [9.17, 15) is 34.2 Å². The Balaban J connectivity index is 2.25. The van der Waals surface area contributed by atoms with E-state index in [4.69, 9.17) is 4.74 Å². The van der Waals surface area contributed by atoms with Crippen molar-refractivity contribution in [1.82, 2.24) is 20.9 Å². The van der Waals surface area contributed by atoms with Crippen molar-refractivity contribution in [3.05, 3.63) is 65.7 Å². The lowest BCUT2D eigenvalue weighted by Gasteiger charge is -2.34. The minimum Gasteiger partial charge on any atom is -0.494 e. The van der Waals surface area contributed by atoms with E-state index in [1.165, 1.54) is 0 Å². The van der Waals surface area contributed by atoms with Crippen molar-refractivity contribution in [3.8, 4) is 5.75 Å². The van der Waals surface area contributed by atoms with E-state index >= 15 is 0 Å². The van der Waals surface area contributed by atoms with Gasteiger partial charge in [-0.25, -0.2) is 4.79 Å². The Hall–Kier alpha value is -4.29. The number of Topliss-reactive ketones (excluding diaryl/α,β-unsaturated/α-hetero) is 1. The molecular formula is C38H56N4O8. The summed E-state index contributed by atoms with van der Waals surface area (Å²) in [6.45, 7) is 11.2. The summed E-state index contributed by atoms with van der Waals surface area (Å²) >= 11 is 0. The Labute approximate surface area is 296 Å². The molecule has 0 fully saturated rings. The van der Waals surface area contributed by atoms with Gasteiger partial charge < -0.3 is 30.9 Å². The SMILES string of the molecule is CCOc1cccc(CC(=O)N[C@@H](CN(C)[C@@H](Cc2ccccc2)[C@@H](O)CC(=O)N[C@H](C(=O)N[C@H](C(=O)O)C(C)C)[C@@H](C)CC)C(=O)CC)c1. The molecule has 2 rings (SSSR count). The highest BCUT2D eigenvalue weighted by atomic mass is 16.5. The molecular weight excluding hydrogens is 640 g/mol. The smallest absolute Gasteiger partial charge is 0.326 e. The zero-order valence-electron chi connectivity index (χ0n) is 30.5. The van der Waals surface area contributed by atoms with Crippen LogP contribution in [0.15, 0.2) is 54.6 Å². The van der Waals surface area contributed by atoms with E-state index in [1.54, 1.807) is 51.8 Å². The predicted octanol–water partition coefficient (Wildman–Crippen LogP) is 3.14. The molecule has 50 heavy (non-hydrogen) atoms. The Morgan fingerprint density at radius 2 is 1.50 bits per heavy atom. The van der Waals surface area contributed by atoms with Gasteiger partial charge in [-0.15, -0.1) is 0 Å². The van der Waals surface area contributed by atoms with E-state index < -0.39 is 48.1 Å². The number of carbonyl (C=O) groups is 5. The summed E-state index contributed by atoms with van der Waals surface area (Å²) in [5, 5.41) is 29.2. The number of hydrogen-bond acceptors (Lipinski definition) is 8. The highest BCUT2D eigenvalue weighted by Gasteiger charge is 2.34. The summed E-state index contributed by atoms with van der Waals surface area (Å²) in [7, 11) is 1.73. The minimum atomic E-state index is -1.22. The number of ether oxygens (including phenoxy) is 1. The summed E-state index contributed by atoms with van der Waals surface area (Å²) in [6, 6.07) is 13.0. The first-order valence-corrected chi connectivity index (χ1v) is 17.5. The molecule has 3 amide bonds. The maximum absolute atomic E-state index is 13.4. The van der Waals surface area contributed by atoms with Crippen LogP contribution in [0.25, 0.3) is 0 Å². The number of amides is 3. The number of ketones is 1. The molecule has 0 unspecified atom stereocenters. The van der Waals surface area contributed by atoms with Crippen molar-refractivity contribution in [2.24, 2.45) is 11.8 Å². The van der Waals surface area contributed by atoms with Crippen LogP contribution in [0.1, 0.15) is 71.9 Å².